The first-order valence-electron chi connectivity index (χ1n) is 5.18. The second-order valence-corrected chi connectivity index (χ2v) is 3.76. The lowest BCUT2D eigenvalue weighted by Crippen LogP contribution is -2.24. The molecule has 0 aliphatic carbocycles. The molecule has 16 heavy (non-hydrogen) atoms. The van der Waals surface area contributed by atoms with Gasteiger partial charge in [-0.3, -0.25) is 9.59 Å². The molecule has 1 aromatic rings. The van der Waals surface area contributed by atoms with Gasteiger partial charge in [-0.15, -0.1) is 0 Å². The number of carbonyl (C=O) groups excluding carboxylic acids is 2. The summed E-state index contributed by atoms with van der Waals surface area (Å²) >= 11 is 0. The molecule has 0 radical (unpaired) electrons. The maximum Gasteiger partial charge on any atom is 0.303 e. The van der Waals surface area contributed by atoms with Crippen molar-refractivity contribution in [2.45, 2.75) is 19.1 Å². The maximum absolute atomic E-state index is 11.9. The van der Waals surface area contributed by atoms with E-state index in [0.717, 1.165) is 5.56 Å². The van der Waals surface area contributed by atoms with Crippen LogP contribution in [0.4, 0.5) is 0 Å². The van der Waals surface area contributed by atoms with Gasteiger partial charge in [-0.1, -0.05) is 30.3 Å². The molecule has 2 rings (SSSR count). The fourth-order valence-corrected chi connectivity index (χ4v) is 1.53. The number of nitrogens with one attached hydrogen (secondary N) is 1. The van der Waals surface area contributed by atoms with Crippen molar-refractivity contribution in [1.29, 1.82) is 0 Å². The second kappa shape index (κ2) is 4.45. The number of ketones is 1. The zero-order valence-corrected chi connectivity index (χ0v) is 8.97. The maximum atomic E-state index is 11.9. The molecule has 1 aromatic carbocycles. The van der Waals surface area contributed by atoms with Crippen molar-refractivity contribution in [2.24, 2.45) is 0 Å². The predicted octanol–water partition coefficient (Wildman–Crippen LogP) is 0.832. The fourth-order valence-electron chi connectivity index (χ4n) is 1.53. The molecule has 1 heterocycles. The molecule has 84 valence electrons. The smallest absolute Gasteiger partial charge is 0.303 e. The number of benzene rings is 1. The molecule has 0 spiro atoms. The number of rotatable bonds is 4. The number of Topliss-reactive ketones (excluding diaryl/α,β-unsaturated/α-hetero) is 1. The van der Waals surface area contributed by atoms with Gasteiger partial charge in [-0.25, -0.2) is 0 Å². The number of esters is 1. The standard InChI is InChI=1S/C12H13NO3/c1-8(14)16-12(11(15)10-7-13-10)9-5-3-2-4-6-9/h2-6,10,12-13H,7H2,1H3. The van der Waals surface area contributed by atoms with Crippen LogP contribution in [-0.4, -0.2) is 24.3 Å². The Morgan fingerprint density at radius 3 is 2.50 bits per heavy atom. The highest BCUT2D eigenvalue weighted by Gasteiger charge is 2.36. The van der Waals surface area contributed by atoms with Gasteiger partial charge in [-0.2, -0.15) is 0 Å². The average Bonchev–Trinajstić information content (AvgIpc) is 3.10. The molecule has 1 fully saturated rings. The van der Waals surface area contributed by atoms with Crippen LogP contribution in [0, 0.1) is 0 Å². The van der Waals surface area contributed by atoms with Crippen molar-refractivity contribution in [3.8, 4) is 0 Å². The highest BCUT2D eigenvalue weighted by molar-refractivity contribution is 5.93. The van der Waals surface area contributed by atoms with Crippen LogP contribution in [0.3, 0.4) is 0 Å². The number of ether oxygens (including phenoxy) is 1. The van der Waals surface area contributed by atoms with Crippen LogP contribution in [0.5, 0.6) is 0 Å². The van der Waals surface area contributed by atoms with Gasteiger partial charge in [0.1, 0.15) is 0 Å². The van der Waals surface area contributed by atoms with E-state index < -0.39 is 12.1 Å². The minimum absolute atomic E-state index is 0.0820. The molecule has 0 bridgehead atoms. The molecule has 2 unspecified atom stereocenters. The first kappa shape index (κ1) is 10.8. The second-order valence-electron chi connectivity index (χ2n) is 3.76. The van der Waals surface area contributed by atoms with Crippen molar-refractivity contribution in [3.05, 3.63) is 35.9 Å². The summed E-state index contributed by atoms with van der Waals surface area (Å²) in [5, 5.41) is 2.92. The Hall–Kier alpha value is -1.68. The van der Waals surface area contributed by atoms with E-state index in [1.807, 2.05) is 18.2 Å². The van der Waals surface area contributed by atoms with Crippen molar-refractivity contribution >= 4 is 11.8 Å². The lowest BCUT2D eigenvalue weighted by molar-refractivity contribution is -0.153. The molecular formula is C12H13NO3. The van der Waals surface area contributed by atoms with Crippen LogP contribution in [0.25, 0.3) is 0 Å². The number of carbonyl (C=O) groups is 2. The summed E-state index contributed by atoms with van der Waals surface area (Å²) in [6.07, 6.45) is -0.779. The van der Waals surface area contributed by atoms with E-state index in [4.69, 9.17) is 4.74 Å². The van der Waals surface area contributed by atoms with E-state index in [9.17, 15) is 9.59 Å². The van der Waals surface area contributed by atoms with E-state index in [1.54, 1.807) is 12.1 Å². The molecule has 4 nitrogen and oxygen atoms in total. The van der Waals surface area contributed by atoms with Gasteiger partial charge in [-0.05, 0) is 0 Å². The van der Waals surface area contributed by atoms with Crippen molar-refractivity contribution in [2.75, 3.05) is 6.54 Å². The normalized spacial score (nSPS) is 19.9. The van der Waals surface area contributed by atoms with Crippen molar-refractivity contribution in [1.82, 2.24) is 5.32 Å². The summed E-state index contributed by atoms with van der Waals surface area (Å²) in [4.78, 5) is 22.9. The van der Waals surface area contributed by atoms with Gasteiger partial charge in [0.2, 0.25) is 0 Å². The molecule has 0 saturated carbocycles. The van der Waals surface area contributed by atoms with E-state index in [2.05, 4.69) is 5.32 Å². The van der Waals surface area contributed by atoms with Gasteiger partial charge >= 0.3 is 5.97 Å². The molecule has 1 N–H and O–H groups in total. The summed E-state index contributed by atoms with van der Waals surface area (Å²) in [6.45, 7) is 1.98. The van der Waals surface area contributed by atoms with Gasteiger partial charge < -0.3 is 10.1 Å². The van der Waals surface area contributed by atoms with Gasteiger partial charge in [0.15, 0.2) is 11.9 Å². The van der Waals surface area contributed by atoms with E-state index >= 15 is 0 Å². The minimum Gasteiger partial charge on any atom is -0.450 e. The summed E-state index contributed by atoms with van der Waals surface area (Å²) in [5.41, 5.74) is 0.719. The number of hydrogen-bond donors (Lipinski definition) is 1. The Morgan fingerprint density at radius 2 is 2.00 bits per heavy atom. The summed E-state index contributed by atoms with van der Waals surface area (Å²) in [5.74, 6) is -0.524. The van der Waals surface area contributed by atoms with Gasteiger partial charge in [0.25, 0.3) is 0 Å². The van der Waals surface area contributed by atoms with Gasteiger partial charge in [0, 0.05) is 19.0 Å². The first-order valence-corrected chi connectivity index (χ1v) is 5.18. The third-order valence-electron chi connectivity index (χ3n) is 2.40. The quantitative estimate of drug-likeness (QED) is 0.601. The van der Waals surface area contributed by atoms with Crippen LogP contribution in [0.1, 0.15) is 18.6 Å². The third kappa shape index (κ3) is 2.46. The zero-order valence-electron chi connectivity index (χ0n) is 8.97. The predicted molar refractivity (Wildman–Crippen MR) is 57.7 cm³/mol. The highest BCUT2D eigenvalue weighted by atomic mass is 16.5. The zero-order chi connectivity index (χ0) is 11.5. The molecule has 1 aliphatic rings. The van der Waals surface area contributed by atoms with Crippen molar-refractivity contribution < 1.29 is 14.3 Å². The van der Waals surface area contributed by atoms with E-state index in [1.165, 1.54) is 6.92 Å². The molecule has 4 heteroatoms. The molecule has 0 aromatic heterocycles. The van der Waals surface area contributed by atoms with Crippen LogP contribution in [-0.2, 0) is 14.3 Å². The Balaban J connectivity index is 2.20. The van der Waals surface area contributed by atoms with Crippen LogP contribution < -0.4 is 5.32 Å². The van der Waals surface area contributed by atoms with Crippen LogP contribution in [0.2, 0.25) is 0 Å². The van der Waals surface area contributed by atoms with Crippen LogP contribution >= 0.6 is 0 Å². The average molecular weight is 219 g/mol. The van der Waals surface area contributed by atoms with Gasteiger partial charge in [0.05, 0.1) is 6.04 Å². The molecule has 1 saturated heterocycles. The Bertz CT molecular complexity index is 398. The molecule has 1 aliphatic heterocycles. The summed E-state index contributed by atoms with van der Waals surface area (Å²) < 4.78 is 5.07. The number of hydrogen-bond acceptors (Lipinski definition) is 4. The molecule has 2 atom stereocenters. The largest absolute Gasteiger partial charge is 0.450 e. The first-order chi connectivity index (χ1) is 7.68. The van der Waals surface area contributed by atoms with E-state index in [0.29, 0.717) is 6.54 Å². The summed E-state index contributed by atoms with van der Waals surface area (Å²) in [7, 11) is 0. The lowest BCUT2D eigenvalue weighted by atomic mass is 10.0. The molecule has 0 amide bonds. The summed E-state index contributed by atoms with van der Waals surface area (Å²) in [6, 6.07) is 8.90. The Morgan fingerprint density at radius 1 is 1.38 bits per heavy atom. The minimum atomic E-state index is -0.779. The molecular weight excluding hydrogens is 206 g/mol. The monoisotopic (exact) mass is 219 g/mol. The third-order valence-corrected chi connectivity index (χ3v) is 2.40. The van der Waals surface area contributed by atoms with Crippen molar-refractivity contribution in [3.63, 3.8) is 0 Å². The topological polar surface area (TPSA) is 65.3 Å². The SMILES string of the molecule is CC(=O)OC(C(=O)C1CN1)c1ccccc1. The van der Waals surface area contributed by atoms with Crippen LogP contribution in [0.15, 0.2) is 30.3 Å². The Kier molecular flexibility index (Phi) is 3.01. The fraction of sp³-hybridized carbons (Fsp3) is 0.333. The Labute approximate surface area is 93.6 Å². The lowest BCUT2D eigenvalue weighted by Gasteiger charge is -2.15. The highest BCUT2D eigenvalue weighted by Crippen LogP contribution is 2.22. The van der Waals surface area contributed by atoms with E-state index in [-0.39, 0.29) is 11.8 Å².